The van der Waals surface area contributed by atoms with Gasteiger partial charge in [0.25, 0.3) is 0 Å². The molecule has 1 fully saturated rings. The molecule has 1 aromatic rings. The molecule has 0 radical (unpaired) electrons. The zero-order valence-corrected chi connectivity index (χ0v) is 11.3. The Morgan fingerprint density at radius 3 is 2.71 bits per heavy atom. The summed E-state index contributed by atoms with van der Waals surface area (Å²) in [5, 5.41) is 4.42. The van der Waals surface area contributed by atoms with Crippen molar-refractivity contribution in [3.8, 4) is 0 Å². The van der Waals surface area contributed by atoms with Crippen molar-refractivity contribution >= 4 is 11.6 Å². The third-order valence-electron chi connectivity index (χ3n) is 3.26. The van der Waals surface area contributed by atoms with Crippen molar-refractivity contribution < 1.29 is 4.74 Å². The lowest BCUT2D eigenvalue weighted by Gasteiger charge is -2.39. The molecule has 94 valence electrons. The SMILES string of the molecule is CC(Cc1ccccc1Cl)NCC1(C)COC1. The minimum Gasteiger partial charge on any atom is -0.380 e. The number of ether oxygens (including phenoxy) is 1. The van der Waals surface area contributed by atoms with E-state index in [1.54, 1.807) is 0 Å². The van der Waals surface area contributed by atoms with Gasteiger partial charge in [-0.2, -0.15) is 0 Å². The molecule has 1 N–H and O–H groups in total. The maximum Gasteiger partial charge on any atom is 0.0554 e. The summed E-state index contributed by atoms with van der Waals surface area (Å²) in [5.74, 6) is 0. The minimum absolute atomic E-state index is 0.328. The normalized spacial score (nSPS) is 19.7. The van der Waals surface area contributed by atoms with Crippen LogP contribution in [0.25, 0.3) is 0 Å². The van der Waals surface area contributed by atoms with Crippen molar-refractivity contribution in [1.29, 1.82) is 0 Å². The van der Waals surface area contributed by atoms with Gasteiger partial charge in [0.15, 0.2) is 0 Å². The molecule has 0 aliphatic carbocycles. The summed E-state index contributed by atoms with van der Waals surface area (Å²) in [6.07, 6.45) is 0.969. The van der Waals surface area contributed by atoms with E-state index in [1.165, 1.54) is 5.56 Å². The standard InChI is InChI=1S/C14H20ClNO/c1-11(16-8-14(2)9-17-10-14)7-12-5-3-4-6-13(12)15/h3-6,11,16H,7-10H2,1-2H3. The summed E-state index contributed by atoms with van der Waals surface area (Å²) in [6, 6.07) is 8.48. The Morgan fingerprint density at radius 2 is 2.12 bits per heavy atom. The molecule has 0 aromatic heterocycles. The first-order valence-corrected chi connectivity index (χ1v) is 6.51. The van der Waals surface area contributed by atoms with Gasteiger partial charge < -0.3 is 10.1 Å². The number of rotatable bonds is 5. The lowest BCUT2D eigenvalue weighted by molar-refractivity contribution is -0.0998. The van der Waals surface area contributed by atoms with Crippen LogP contribution >= 0.6 is 11.6 Å². The van der Waals surface area contributed by atoms with E-state index in [2.05, 4.69) is 25.2 Å². The molecule has 3 heteroatoms. The molecule has 1 aromatic carbocycles. The average molecular weight is 254 g/mol. The van der Waals surface area contributed by atoms with E-state index in [1.807, 2.05) is 18.2 Å². The van der Waals surface area contributed by atoms with E-state index in [-0.39, 0.29) is 0 Å². The Hall–Kier alpha value is -0.570. The third kappa shape index (κ3) is 3.44. The fraction of sp³-hybridized carbons (Fsp3) is 0.571. The van der Waals surface area contributed by atoms with Crippen LogP contribution in [0, 0.1) is 5.41 Å². The molecule has 1 atom stereocenters. The predicted molar refractivity (Wildman–Crippen MR) is 71.5 cm³/mol. The summed E-state index contributed by atoms with van der Waals surface area (Å²) in [5.41, 5.74) is 1.54. The van der Waals surface area contributed by atoms with Crippen LogP contribution in [0.4, 0.5) is 0 Å². The smallest absolute Gasteiger partial charge is 0.0554 e. The second-order valence-corrected chi connectivity index (χ2v) is 5.79. The van der Waals surface area contributed by atoms with Crippen molar-refractivity contribution in [3.63, 3.8) is 0 Å². The number of hydrogen-bond acceptors (Lipinski definition) is 2. The Balaban J connectivity index is 1.81. The van der Waals surface area contributed by atoms with Crippen molar-refractivity contribution in [1.82, 2.24) is 5.32 Å². The second kappa shape index (κ2) is 5.38. The molecule has 17 heavy (non-hydrogen) atoms. The van der Waals surface area contributed by atoms with Crippen LogP contribution < -0.4 is 5.32 Å². The zero-order valence-electron chi connectivity index (χ0n) is 10.5. The molecule has 1 heterocycles. The quantitative estimate of drug-likeness (QED) is 0.871. The summed E-state index contributed by atoms with van der Waals surface area (Å²) >= 11 is 6.15. The highest BCUT2D eigenvalue weighted by Crippen LogP contribution is 2.25. The van der Waals surface area contributed by atoms with Crippen LogP contribution in [0.5, 0.6) is 0 Å². The first kappa shape index (κ1) is 12.9. The molecular weight excluding hydrogens is 234 g/mol. The van der Waals surface area contributed by atoms with Crippen LogP contribution in [0.15, 0.2) is 24.3 Å². The van der Waals surface area contributed by atoms with Gasteiger partial charge in [0.05, 0.1) is 13.2 Å². The summed E-state index contributed by atoms with van der Waals surface area (Å²) in [6.45, 7) is 7.22. The lowest BCUT2D eigenvalue weighted by atomic mass is 9.88. The van der Waals surface area contributed by atoms with Crippen molar-refractivity contribution in [3.05, 3.63) is 34.9 Å². The first-order chi connectivity index (χ1) is 8.09. The monoisotopic (exact) mass is 253 g/mol. The predicted octanol–water partition coefficient (Wildman–Crippen LogP) is 2.90. The number of benzene rings is 1. The van der Waals surface area contributed by atoms with E-state index < -0.39 is 0 Å². The van der Waals surface area contributed by atoms with Gasteiger partial charge >= 0.3 is 0 Å². The van der Waals surface area contributed by atoms with Crippen LogP contribution in [-0.4, -0.2) is 25.8 Å². The van der Waals surface area contributed by atoms with Gasteiger partial charge in [0.1, 0.15) is 0 Å². The summed E-state index contributed by atoms with van der Waals surface area (Å²) in [7, 11) is 0. The van der Waals surface area contributed by atoms with Gasteiger partial charge in [-0.15, -0.1) is 0 Å². The number of nitrogens with one attached hydrogen (secondary N) is 1. The van der Waals surface area contributed by atoms with Gasteiger partial charge in [0, 0.05) is 23.0 Å². The van der Waals surface area contributed by atoms with Crippen molar-refractivity contribution in [2.75, 3.05) is 19.8 Å². The molecule has 1 aliphatic heterocycles. The highest BCUT2D eigenvalue weighted by Gasteiger charge is 2.33. The maximum atomic E-state index is 6.15. The van der Waals surface area contributed by atoms with Gasteiger partial charge in [-0.3, -0.25) is 0 Å². The Labute approximate surface area is 108 Å². The van der Waals surface area contributed by atoms with E-state index in [0.29, 0.717) is 11.5 Å². The molecule has 1 unspecified atom stereocenters. The summed E-state index contributed by atoms with van der Waals surface area (Å²) < 4.78 is 5.25. The molecular formula is C14H20ClNO. The van der Waals surface area contributed by atoms with E-state index in [0.717, 1.165) is 31.2 Å². The van der Waals surface area contributed by atoms with Gasteiger partial charge in [-0.05, 0) is 25.0 Å². The Bertz CT molecular complexity index is 376. The fourth-order valence-electron chi connectivity index (χ4n) is 2.04. The molecule has 1 aliphatic rings. The maximum absolute atomic E-state index is 6.15. The molecule has 0 amide bonds. The third-order valence-corrected chi connectivity index (χ3v) is 3.63. The van der Waals surface area contributed by atoms with Gasteiger partial charge in [-0.1, -0.05) is 36.7 Å². The zero-order chi connectivity index (χ0) is 12.3. The van der Waals surface area contributed by atoms with E-state index in [9.17, 15) is 0 Å². The number of hydrogen-bond donors (Lipinski definition) is 1. The topological polar surface area (TPSA) is 21.3 Å². The van der Waals surface area contributed by atoms with Crippen LogP contribution in [-0.2, 0) is 11.2 Å². The first-order valence-electron chi connectivity index (χ1n) is 6.14. The van der Waals surface area contributed by atoms with Crippen molar-refractivity contribution in [2.24, 2.45) is 5.41 Å². The van der Waals surface area contributed by atoms with Gasteiger partial charge in [0.2, 0.25) is 0 Å². The highest BCUT2D eigenvalue weighted by atomic mass is 35.5. The van der Waals surface area contributed by atoms with E-state index >= 15 is 0 Å². The minimum atomic E-state index is 0.328. The second-order valence-electron chi connectivity index (χ2n) is 5.38. The highest BCUT2D eigenvalue weighted by molar-refractivity contribution is 6.31. The largest absolute Gasteiger partial charge is 0.380 e. The lowest BCUT2D eigenvalue weighted by Crippen LogP contribution is -2.49. The molecule has 2 nitrogen and oxygen atoms in total. The Morgan fingerprint density at radius 1 is 1.41 bits per heavy atom. The van der Waals surface area contributed by atoms with Crippen LogP contribution in [0.1, 0.15) is 19.4 Å². The number of halogens is 1. The van der Waals surface area contributed by atoms with Crippen LogP contribution in [0.2, 0.25) is 5.02 Å². The van der Waals surface area contributed by atoms with Crippen LogP contribution in [0.3, 0.4) is 0 Å². The fourth-order valence-corrected chi connectivity index (χ4v) is 2.25. The van der Waals surface area contributed by atoms with Gasteiger partial charge in [-0.25, -0.2) is 0 Å². The summed E-state index contributed by atoms with van der Waals surface area (Å²) in [4.78, 5) is 0. The van der Waals surface area contributed by atoms with E-state index in [4.69, 9.17) is 16.3 Å². The average Bonchev–Trinajstić information content (AvgIpc) is 2.27. The molecule has 2 rings (SSSR count). The molecule has 0 bridgehead atoms. The van der Waals surface area contributed by atoms with Crippen molar-refractivity contribution in [2.45, 2.75) is 26.3 Å². The Kier molecular flexibility index (Phi) is 4.08. The molecule has 0 spiro atoms. The molecule has 0 saturated carbocycles. The molecule has 1 saturated heterocycles.